The molecule has 9 atom stereocenters. The Morgan fingerprint density at radius 2 is 1.08 bits per heavy atom. The van der Waals surface area contributed by atoms with Gasteiger partial charge in [0.15, 0.2) is 5.96 Å². The van der Waals surface area contributed by atoms with Gasteiger partial charge in [-0.15, -0.1) is 0 Å². The maximum absolute atomic E-state index is 13.6. The zero-order valence-electron chi connectivity index (χ0n) is 37.3. The summed E-state index contributed by atoms with van der Waals surface area (Å²) in [5.41, 5.74) is 22.9. The van der Waals surface area contributed by atoms with Crippen LogP contribution in [0.5, 0.6) is 0 Å². The number of nitrogens with one attached hydrogen (secondary N) is 7. The Kier molecular flexibility index (Phi) is 26.9. The number of primary amides is 1. The molecule has 0 heterocycles. The van der Waals surface area contributed by atoms with E-state index in [0.29, 0.717) is 11.5 Å². The highest BCUT2D eigenvalue weighted by Crippen LogP contribution is 2.09. The zero-order chi connectivity index (χ0) is 49.2. The van der Waals surface area contributed by atoms with E-state index in [1.165, 1.54) is 44.3 Å². The summed E-state index contributed by atoms with van der Waals surface area (Å²) < 4.78 is 0. The fourth-order valence-electron chi connectivity index (χ4n) is 5.82. The Bertz CT molecular complexity index is 1790. The molecule has 1 rings (SSSR count). The van der Waals surface area contributed by atoms with Crippen molar-refractivity contribution in [1.82, 2.24) is 37.2 Å². The van der Waals surface area contributed by atoms with Gasteiger partial charge in [0.2, 0.25) is 47.3 Å². The number of amides is 8. The molecule has 0 aliphatic heterocycles. The summed E-state index contributed by atoms with van der Waals surface area (Å²) in [6.45, 7) is 3.94. The molecule has 0 aliphatic rings. The number of aliphatic hydroxyl groups excluding tert-OH is 1. The molecule has 0 unspecified atom stereocenters. The van der Waals surface area contributed by atoms with Gasteiger partial charge < -0.3 is 70.4 Å². The normalized spacial score (nSPS) is 15.1. The minimum absolute atomic E-state index is 0.0316. The molecular formula is C40H66N12O11S2. The maximum atomic E-state index is 13.6. The number of thioether (sulfide) groups is 2. The molecule has 1 aromatic carbocycles. The minimum Gasteiger partial charge on any atom is -0.481 e. The number of nitrogens with two attached hydrogens (primary N) is 4. The second-order valence-electron chi connectivity index (χ2n) is 15.1. The molecule has 8 amide bonds. The highest BCUT2D eigenvalue weighted by Gasteiger charge is 2.34. The van der Waals surface area contributed by atoms with Crippen molar-refractivity contribution in [2.45, 2.75) is 120 Å². The lowest BCUT2D eigenvalue weighted by Crippen LogP contribution is -2.61. The van der Waals surface area contributed by atoms with Crippen LogP contribution in [0.2, 0.25) is 0 Å². The number of carbonyl (C=O) groups is 9. The molecule has 17 N–H and O–H groups in total. The van der Waals surface area contributed by atoms with Crippen molar-refractivity contribution in [3.8, 4) is 0 Å². The van der Waals surface area contributed by atoms with Crippen LogP contribution in [0.1, 0.15) is 64.9 Å². The number of guanidine groups is 1. The average Bonchev–Trinajstić information content (AvgIpc) is 3.24. The largest absolute Gasteiger partial charge is 0.481 e. The Morgan fingerprint density at radius 1 is 0.615 bits per heavy atom. The highest BCUT2D eigenvalue weighted by molar-refractivity contribution is 7.98. The molecule has 0 aliphatic carbocycles. The monoisotopic (exact) mass is 954 g/mol. The minimum atomic E-state index is -1.64. The van der Waals surface area contributed by atoms with Gasteiger partial charge in [-0.25, -0.2) is 0 Å². The second kappa shape index (κ2) is 30.5. The summed E-state index contributed by atoms with van der Waals surface area (Å²) in [6.07, 6.45) is 1.95. The Morgan fingerprint density at radius 3 is 1.57 bits per heavy atom. The average molecular weight is 955 g/mol. The third kappa shape index (κ3) is 22.7. The highest BCUT2D eigenvalue weighted by atomic mass is 32.2. The Hall–Kier alpha value is -5.66. The number of aliphatic imine (C=N–C) groups is 1. The van der Waals surface area contributed by atoms with Gasteiger partial charge >= 0.3 is 5.97 Å². The van der Waals surface area contributed by atoms with Gasteiger partial charge in [0.1, 0.15) is 42.3 Å². The molecule has 0 saturated heterocycles. The zero-order valence-corrected chi connectivity index (χ0v) is 38.9. The number of carbonyl (C=O) groups excluding carboxylic acids is 8. The van der Waals surface area contributed by atoms with Crippen LogP contribution in [0.4, 0.5) is 0 Å². The number of carboxylic acid groups (broad SMARTS) is 1. The number of benzene rings is 1. The number of nitrogens with zero attached hydrogens (tertiary/aromatic N) is 1. The molecule has 65 heavy (non-hydrogen) atoms. The van der Waals surface area contributed by atoms with E-state index in [0.717, 1.165) is 5.56 Å². The summed E-state index contributed by atoms with van der Waals surface area (Å²) in [5, 5.41) is 37.1. The van der Waals surface area contributed by atoms with Crippen molar-refractivity contribution in [3.63, 3.8) is 0 Å². The molecule has 0 aromatic heterocycles. The first-order valence-corrected chi connectivity index (χ1v) is 23.5. The molecule has 1 aromatic rings. The standard InChI is InChI=1S/C40H66N12O11S2/c1-21(34(58)51-29(32(42)56)20-24-10-7-6-8-11-24)46-36(60)26(12-9-17-45-40(43)44)48-33(57)22(2)47-39(63)31(23(3)53)52-38(62)28(16-19-65-5)50-37(61)27(15-18-64-4)49-35(59)25(41)13-14-30(54)55/h6-8,10-11,21-23,25-29,31,53H,9,12-20,41H2,1-5H3,(H2,42,56)(H,46,60)(H,47,63)(H,48,57)(H,49,59)(H,50,61)(H,51,58)(H,52,62)(H,54,55)(H4,43,44,45)/t21-,22-,23+,25-,26-,27-,28-,29-,31-/m0/s1. The number of aliphatic carboxylic acids is 1. The molecule has 0 bridgehead atoms. The van der Waals surface area contributed by atoms with E-state index in [1.54, 1.807) is 42.8 Å². The second-order valence-corrected chi connectivity index (χ2v) is 17.0. The van der Waals surface area contributed by atoms with Gasteiger partial charge in [-0.2, -0.15) is 23.5 Å². The lowest BCUT2D eigenvalue weighted by Gasteiger charge is -2.28. The topological polar surface area (TPSA) is 395 Å². The third-order valence-corrected chi connectivity index (χ3v) is 10.9. The van der Waals surface area contributed by atoms with E-state index in [-0.39, 0.29) is 57.5 Å². The van der Waals surface area contributed by atoms with Crippen LogP contribution in [0, 0.1) is 0 Å². The van der Waals surface area contributed by atoms with Crippen LogP contribution in [-0.2, 0) is 49.6 Å². The quantitative estimate of drug-likeness (QED) is 0.0193. The summed E-state index contributed by atoms with van der Waals surface area (Å²) in [7, 11) is 0. The molecule has 0 saturated carbocycles. The van der Waals surface area contributed by atoms with Gasteiger partial charge in [-0.05, 0) is 82.5 Å². The van der Waals surface area contributed by atoms with Gasteiger partial charge in [0.05, 0.1) is 12.1 Å². The summed E-state index contributed by atoms with van der Waals surface area (Å²) in [5.74, 6) is -7.12. The number of aliphatic hydroxyl groups is 1. The van der Waals surface area contributed by atoms with Crippen LogP contribution in [-0.4, -0.2) is 154 Å². The first-order chi connectivity index (χ1) is 30.6. The summed E-state index contributed by atoms with van der Waals surface area (Å²) in [6, 6.07) is -1.41. The van der Waals surface area contributed by atoms with Gasteiger partial charge in [-0.3, -0.25) is 48.1 Å². The lowest BCUT2D eigenvalue weighted by molar-refractivity contribution is -0.137. The molecule has 25 heteroatoms. The van der Waals surface area contributed by atoms with Crippen molar-refractivity contribution in [3.05, 3.63) is 35.9 Å². The smallest absolute Gasteiger partial charge is 0.303 e. The number of carboxylic acids is 1. The fourth-order valence-corrected chi connectivity index (χ4v) is 6.76. The van der Waals surface area contributed by atoms with Crippen LogP contribution in [0.3, 0.4) is 0 Å². The number of hydrogen-bond acceptors (Lipinski definition) is 14. The number of rotatable bonds is 31. The number of hydrogen-bond donors (Lipinski definition) is 13. The third-order valence-electron chi connectivity index (χ3n) is 9.58. The summed E-state index contributed by atoms with van der Waals surface area (Å²) >= 11 is 2.75. The molecule has 0 fully saturated rings. The van der Waals surface area contributed by atoms with E-state index < -0.39 is 108 Å². The van der Waals surface area contributed by atoms with Crippen molar-refractivity contribution in [2.75, 3.05) is 30.6 Å². The molecule has 0 radical (unpaired) electrons. The molecule has 0 spiro atoms. The van der Waals surface area contributed by atoms with E-state index in [2.05, 4.69) is 42.2 Å². The van der Waals surface area contributed by atoms with E-state index in [9.17, 15) is 48.3 Å². The fraction of sp³-hybridized carbons (Fsp3) is 0.600. The van der Waals surface area contributed by atoms with E-state index in [4.69, 9.17) is 28.0 Å². The molecule has 23 nitrogen and oxygen atoms in total. The van der Waals surface area contributed by atoms with Crippen molar-refractivity contribution < 1.29 is 53.4 Å². The summed E-state index contributed by atoms with van der Waals surface area (Å²) in [4.78, 5) is 120. The van der Waals surface area contributed by atoms with Gasteiger partial charge in [-0.1, -0.05) is 30.3 Å². The first kappa shape index (κ1) is 57.4. The van der Waals surface area contributed by atoms with Crippen LogP contribution >= 0.6 is 23.5 Å². The molecular weight excluding hydrogens is 889 g/mol. The maximum Gasteiger partial charge on any atom is 0.303 e. The lowest BCUT2D eigenvalue weighted by atomic mass is 10.0. The van der Waals surface area contributed by atoms with Crippen molar-refractivity contribution >= 4 is 82.7 Å². The Labute approximate surface area is 386 Å². The van der Waals surface area contributed by atoms with Gasteiger partial charge in [0, 0.05) is 19.4 Å². The first-order valence-electron chi connectivity index (χ1n) is 20.8. The van der Waals surface area contributed by atoms with Crippen LogP contribution in [0.25, 0.3) is 0 Å². The predicted octanol–water partition coefficient (Wildman–Crippen LogP) is -3.72. The SMILES string of the molecule is CSCC[C@H](NC(=O)[C@H](CCSC)NC(=O)[C@@H](N)CCC(=O)O)C(=O)N[C@H](C(=O)N[C@@H](C)C(=O)N[C@@H](CCCN=C(N)N)C(=O)N[C@@H](C)C(=O)N[C@@H](Cc1ccccc1)C(N)=O)[C@@H](C)O. The van der Waals surface area contributed by atoms with Crippen LogP contribution < -0.4 is 60.2 Å². The van der Waals surface area contributed by atoms with Crippen molar-refractivity contribution in [1.29, 1.82) is 0 Å². The van der Waals surface area contributed by atoms with E-state index in [1.807, 2.05) is 0 Å². The van der Waals surface area contributed by atoms with Crippen molar-refractivity contribution in [2.24, 2.45) is 27.9 Å². The van der Waals surface area contributed by atoms with E-state index >= 15 is 0 Å². The predicted molar refractivity (Wildman–Crippen MR) is 247 cm³/mol. The molecule has 364 valence electrons. The van der Waals surface area contributed by atoms with Gasteiger partial charge in [0.25, 0.3) is 0 Å². The van der Waals surface area contributed by atoms with Crippen LogP contribution in [0.15, 0.2) is 35.3 Å². The Balaban J connectivity index is 3.13.